The molecule has 1 aromatic rings. The number of likely N-dealkylation sites (tertiary alicyclic amines) is 1. The van der Waals surface area contributed by atoms with Crippen molar-refractivity contribution in [3.8, 4) is 0 Å². The van der Waals surface area contributed by atoms with Crippen molar-refractivity contribution in [2.24, 2.45) is 5.92 Å². The summed E-state index contributed by atoms with van der Waals surface area (Å²) in [6.07, 6.45) is 11.8. The van der Waals surface area contributed by atoms with Gasteiger partial charge in [0.2, 0.25) is 5.91 Å². The van der Waals surface area contributed by atoms with Crippen LogP contribution in [0.3, 0.4) is 0 Å². The van der Waals surface area contributed by atoms with Crippen molar-refractivity contribution in [2.45, 2.75) is 57.1 Å². The summed E-state index contributed by atoms with van der Waals surface area (Å²) in [5.74, 6) is 2.16. The highest BCUT2D eigenvalue weighted by molar-refractivity contribution is 5.80. The van der Waals surface area contributed by atoms with Crippen LogP contribution in [0.4, 0.5) is 0 Å². The van der Waals surface area contributed by atoms with Crippen molar-refractivity contribution in [2.75, 3.05) is 19.7 Å². The highest BCUT2D eigenvalue weighted by Gasteiger charge is 2.32. The summed E-state index contributed by atoms with van der Waals surface area (Å²) < 4.78 is 8.06. The Kier molecular flexibility index (Phi) is 3.90. The molecular weight excluding hydrogens is 278 g/mol. The van der Waals surface area contributed by atoms with E-state index in [1.807, 2.05) is 17.3 Å². The van der Waals surface area contributed by atoms with E-state index in [1.165, 1.54) is 12.8 Å². The van der Waals surface area contributed by atoms with Gasteiger partial charge in [-0.2, -0.15) is 0 Å². The second-order valence-corrected chi connectivity index (χ2v) is 6.96. The van der Waals surface area contributed by atoms with Crippen LogP contribution in [0.1, 0.15) is 50.4 Å². The summed E-state index contributed by atoms with van der Waals surface area (Å²) >= 11 is 0. The fourth-order valence-electron chi connectivity index (χ4n) is 3.67. The van der Waals surface area contributed by atoms with E-state index in [0.29, 0.717) is 6.10 Å². The smallest absolute Gasteiger partial charge is 0.245 e. The van der Waals surface area contributed by atoms with E-state index in [4.69, 9.17) is 4.74 Å². The summed E-state index contributed by atoms with van der Waals surface area (Å²) in [5, 5.41) is 0. The second-order valence-electron chi connectivity index (χ2n) is 6.96. The zero-order valence-corrected chi connectivity index (χ0v) is 13.1. The van der Waals surface area contributed by atoms with E-state index in [2.05, 4.69) is 9.55 Å². The molecule has 5 nitrogen and oxygen atoms in total. The van der Waals surface area contributed by atoms with Crippen molar-refractivity contribution in [3.05, 3.63) is 18.2 Å². The fourth-order valence-corrected chi connectivity index (χ4v) is 3.67. The number of aryl methyl sites for hydroxylation is 1. The van der Waals surface area contributed by atoms with Crippen molar-refractivity contribution in [1.29, 1.82) is 0 Å². The lowest BCUT2D eigenvalue weighted by Crippen LogP contribution is -2.45. The van der Waals surface area contributed by atoms with Gasteiger partial charge in [0.05, 0.1) is 6.10 Å². The minimum Gasteiger partial charge on any atom is -0.378 e. The van der Waals surface area contributed by atoms with Crippen LogP contribution in [0.2, 0.25) is 0 Å². The number of fused-ring (bicyclic) bond motifs is 1. The highest BCUT2D eigenvalue weighted by atomic mass is 16.5. The van der Waals surface area contributed by atoms with Crippen molar-refractivity contribution in [1.82, 2.24) is 14.5 Å². The monoisotopic (exact) mass is 303 g/mol. The molecule has 1 saturated heterocycles. The van der Waals surface area contributed by atoms with E-state index < -0.39 is 0 Å². The van der Waals surface area contributed by atoms with E-state index in [1.54, 1.807) is 0 Å². The molecule has 2 fully saturated rings. The highest BCUT2D eigenvalue weighted by Crippen LogP contribution is 2.31. The molecule has 5 heteroatoms. The maximum Gasteiger partial charge on any atom is 0.245 e. The maximum absolute atomic E-state index is 12.8. The second kappa shape index (κ2) is 6.03. The van der Waals surface area contributed by atoms with E-state index in [0.717, 1.165) is 63.5 Å². The van der Waals surface area contributed by atoms with Crippen LogP contribution < -0.4 is 0 Å². The van der Waals surface area contributed by atoms with Crippen molar-refractivity contribution < 1.29 is 9.53 Å². The van der Waals surface area contributed by atoms with Gasteiger partial charge in [0, 0.05) is 38.5 Å². The lowest BCUT2D eigenvalue weighted by atomic mass is 10.0. The molecule has 3 aliphatic rings. The number of ether oxygens (including phenoxy) is 1. The molecule has 1 aliphatic carbocycles. The number of imidazole rings is 1. The number of piperidine rings is 1. The summed E-state index contributed by atoms with van der Waals surface area (Å²) in [6.45, 7) is 2.61. The topological polar surface area (TPSA) is 47.4 Å². The van der Waals surface area contributed by atoms with Gasteiger partial charge in [-0.15, -0.1) is 0 Å². The van der Waals surface area contributed by atoms with E-state index in [9.17, 15) is 4.79 Å². The molecule has 1 aromatic heterocycles. The Balaban J connectivity index is 1.32. The Bertz CT molecular complexity index is 530. The Labute approximate surface area is 131 Å². The van der Waals surface area contributed by atoms with Gasteiger partial charge in [-0.3, -0.25) is 4.79 Å². The predicted octanol–water partition coefficient (Wildman–Crippen LogP) is 2.18. The average molecular weight is 303 g/mol. The number of hydrogen-bond acceptors (Lipinski definition) is 3. The van der Waals surface area contributed by atoms with Crippen LogP contribution in [-0.2, 0) is 16.0 Å². The van der Waals surface area contributed by atoms with Crippen molar-refractivity contribution >= 4 is 5.91 Å². The normalized spacial score (nSPS) is 26.0. The number of rotatable bonds is 4. The molecule has 120 valence electrons. The van der Waals surface area contributed by atoms with E-state index >= 15 is 0 Å². The number of carbonyl (C=O) groups excluding carboxylic acids is 1. The van der Waals surface area contributed by atoms with Gasteiger partial charge in [-0.25, -0.2) is 4.98 Å². The standard InChI is InChI=1S/C17H25N3O2/c21-17(15-2-1-3-16-18-8-11-20(15)16)19-9-6-14(7-10-19)22-12-13-4-5-13/h8,11,13-15H,1-7,9-10,12H2. The Morgan fingerprint density at radius 2 is 2.05 bits per heavy atom. The summed E-state index contributed by atoms with van der Waals surface area (Å²) in [4.78, 5) is 19.2. The molecule has 1 amide bonds. The molecule has 0 spiro atoms. The average Bonchev–Trinajstić information content (AvgIpc) is 3.27. The summed E-state index contributed by atoms with van der Waals surface area (Å²) in [5.41, 5.74) is 0. The lowest BCUT2D eigenvalue weighted by Gasteiger charge is -2.35. The molecule has 0 aromatic carbocycles. The molecule has 22 heavy (non-hydrogen) atoms. The van der Waals surface area contributed by atoms with Crippen molar-refractivity contribution in [3.63, 3.8) is 0 Å². The lowest BCUT2D eigenvalue weighted by molar-refractivity contribution is -0.138. The zero-order valence-electron chi connectivity index (χ0n) is 13.1. The first-order valence-electron chi connectivity index (χ1n) is 8.73. The summed E-state index contributed by atoms with van der Waals surface area (Å²) in [7, 11) is 0. The molecular formula is C17H25N3O2. The molecule has 4 rings (SSSR count). The third kappa shape index (κ3) is 2.91. The minimum atomic E-state index is -0.0322. The third-order valence-corrected chi connectivity index (χ3v) is 5.27. The molecule has 3 heterocycles. The molecule has 0 radical (unpaired) electrons. The third-order valence-electron chi connectivity index (χ3n) is 5.27. The van der Waals surface area contributed by atoms with Gasteiger partial charge in [-0.05, 0) is 44.4 Å². The van der Waals surface area contributed by atoms with Crippen LogP contribution in [0, 0.1) is 5.92 Å². The molecule has 2 aliphatic heterocycles. The van der Waals surface area contributed by atoms with Gasteiger partial charge < -0.3 is 14.2 Å². The van der Waals surface area contributed by atoms with E-state index in [-0.39, 0.29) is 11.9 Å². The number of aromatic nitrogens is 2. The van der Waals surface area contributed by atoms with Crippen LogP contribution in [0.5, 0.6) is 0 Å². The van der Waals surface area contributed by atoms with Crippen LogP contribution in [0.25, 0.3) is 0 Å². The first-order chi connectivity index (χ1) is 10.8. The van der Waals surface area contributed by atoms with Gasteiger partial charge in [0.25, 0.3) is 0 Å². The molecule has 0 N–H and O–H groups in total. The molecule has 0 bridgehead atoms. The first-order valence-corrected chi connectivity index (χ1v) is 8.73. The number of carbonyl (C=O) groups is 1. The van der Waals surface area contributed by atoms with Crippen LogP contribution in [-0.4, -0.2) is 46.2 Å². The number of nitrogens with zero attached hydrogens (tertiary/aromatic N) is 3. The quantitative estimate of drug-likeness (QED) is 0.856. The Hall–Kier alpha value is -1.36. The van der Waals surface area contributed by atoms with Gasteiger partial charge in [-0.1, -0.05) is 0 Å². The number of amides is 1. The summed E-state index contributed by atoms with van der Waals surface area (Å²) in [6, 6.07) is -0.0322. The molecule has 1 unspecified atom stereocenters. The maximum atomic E-state index is 12.8. The van der Waals surface area contributed by atoms with Crippen LogP contribution in [0.15, 0.2) is 12.4 Å². The first kappa shape index (κ1) is 14.2. The van der Waals surface area contributed by atoms with Gasteiger partial charge >= 0.3 is 0 Å². The fraction of sp³-hybridized carbons (Fsp3) is 0.765. The van der Waals surface area contributed by atoms with Crippen LogP contribution >= 0.6 is 0 Å². The van der Waals surface area contributed by atoms with Gasteiger partial charge in [0.1, 0.15) is 11.9 Å². The zero-order chi connectivity index (χ0) is 14.9. The largest absolute Gasteiger partial charge is 0.378 e. The Morgan fingerprint density at radius 3 is 2.82 bits per heavy atom. The van der Waals surface area contributed by atoms with Gasteiger partial charge in [0.15, 0.2) is 0 Å². The number of hydrogen-bond donors (Lipinski definition) is 0. The minimum absolute atomic E-state index is 0.0322. The Morgan fingerprint density at radius 1 is 1.23 bits per heavy atom. The SMILES string of the molecule is O=C(C1CCCc2nccn21)N1CCC(OCC2CC2)CC1. The molecule has 1 saturated carbocycles. The molecule has 1 atom stereocenters. The predicted molar refractivity (Wildman–Crippen MR) is 82.5 cm³/mol.